The van der Waals surface area contributed by atoms with Gasteiger partial charge in [-0.25, -0.2) is 13.1 Å². The molecule has 0 aliphatic carbocycles. The normalized spacial score (nSPS) is 12.6. The van der Waals surface area contributed by atoms with Crippen LogP contribution in [-0.2, 0) is 10.0 Å². The third kappa shape index (κ3) is 16.8. The fourth-order valence-corrected chi connectivity index (χ4v) is 3.43. The zero-order chi connectivity index (χ0) is 17.8. The molecule has 6 nitrogen and oxygen atoms in total. The molecule has 0 aliphatic rings. The van der Waals surface area contributed by atoms with Crippen LogP contribution in [0.25, 0.3) is 0 Å². The van der Waals surface area contributed by atoms with Gasteiger partial charge in [-0.15, -0.1) is 24.0 Å². The van der Waals surface area contributed by atoms with Crippen molar-refractivity contribution < 1.29 is 8.42 Å². The van der Waals surface area contributed by atoms with Gasteiger partial charge in [0.1, 0.15) is 0 Å². The summed E-state index contributed by atoms with van der Waals surface area (Å²) in [6, 6.07) is 0. The summed E-state index contributed by atoms with van der Waals surface area (Å²) in [5.41, 5.74) is -0.565. The van der Waals surface area contributed by atoms with Crippen molar-refractivity contribution in [2.75, 3.05) is 26.4 Å². The number of sulfonamides is 1. The molecule has 0 bridgehead atoms. The van der Waals surface area contributed by atoms with Crippen LogP contribution in [0.15, 0.2) is 4.99 Å². The Bertz CT molecular complexity index is 439. The first-order valence-corrected chi connectivity index (χ1v) is 10.5. The molecule has 0 spiro atoms. The number of guanidine groups is 1. The van der Waals surface area contributed by atoms with E-state index in [2.05, 4.69) is 27.3 Å². The van der Waals surface area contributed by atoms with E-state index in [0.29, 0.717) is 12.5 Å². The molecule has 146 valence electrons. The lowest BCUT2D eigenvalue weighted by Crippen LogP contribution is -2.53. The minimum Gasteiger partial charge on any atom is -0.356 e. The second-order valence-electron chi connectivity index (χ2n) is 6.73. The molecule has 24 heavy (non-hydrogen) atoms. The van der Waals surface area contributed by atoms with E-state index in [4.69, 9.17) is 0 Å². The molecule has 0 aromatic rings. The van der Waals surface area contributed by atoms with Crippen molar-refractivity contribution in [3.05, 3.63) is 0 Å². The number of rotatable bonds is 12. The molecule has 0 unspecified atom stereocenters. The molecule has 0 amide bonds. The summed E-state index contributed by atoms with van der Waals surface area (Å²) in [6.45, 7) is 7.26. The van der Waals surface area contributed by atoms with Gasteiger partial charge in [-0.2, -0.15) is 0 Å². The standard InChI is InChI=1S/C16H36N4O2S.HI/c1-6-7-8-9-10-11-12-13-18-15(17-4)19-14-16(2,3)20-23(5,21)22;/h20H,6-14H2,1-5H3,(H2,17,18,19);1H. The van der Waals surface area contributed by atoms with E-state index in [1.54, 1.807) is 7.05 Å². The fourth-order valence-electron chi connectivity index (χ4n) is 2.35. The van der Waals surface area contributed by atoms with Gasteiger partial charge in [-0.3, -0.25) is 4.99 Å². The quantitative estimate of drug-likeness (QED) is 0.175. The van der Waals surface area contributed by atoms with Gasteiger partial charge in [0.2, 0.25) is 10.0 Å². The highest BCUT2D eigenvalue weighted by atomic mass is 127. The Labute approximate surface area is 166 Å². The molecular weight excluding hydrogens is 439 g/mol. The average Bonchev–Trinajstić information content (AvgIpc) is 2.42. The second kappa shape index (κ2) is 14.1. The number of halogens is 1. The predicted molar refractivity (Wildman–Crippen MR) is 115 cm³/mol. The Balaban J connectivity index is 0. The number of hydrogen-bond donors (Lipinski definition) is 3. The van der Waals surface area contributed by atoms with Gasteiger partial charge in [0.15, 0.2) is 5.96 Å². The van der Waals surface area contributed by atoms with Gasteiger partial charge in [0.05, 0.1) is 6.26 Å². The van der Waals surface area contributed by atoms with Crippen molar-refractivity contribution in [3.63, 3.8) is 0 Å². The highest BCUT2D eigenvalue weighted by Crippen LogP contribution is 2.06. The van der Waals surface area contributed by atoms with E-state index in [1.807, 2.05) is 13.8 Å². The van der Waals surface area contributed by atoms with Gasteiger partial charge in [-0.05, 0) is 20.3 Å². The van der Waals surface area contributed by atoms with Crippen LogP contribution in [-0.4, -0.2) is 46.3 Å². The summed E-state index contributed by atoms with van der Waals surface area (Å²) in [6.07, 6.45) is 10.1. The molecule has 3 N–H and O–H groups in total. The van der Waals surface area contributed by atoms with Crippen LogP contribution in [0.2, 0.25) is 0 Å². The summed E-state index contributed by atoms with van der Waals surface area (Å²) in [5.74, 6) is 0.708. The van der Waals surface area contributed by atoms with E-state index in [0.717, 1.165) is 13.0 Å². The predicted octanol–water partition coefficient (Wildman–Crippen LogP) is 2.85. The van der Waals surface area contributed by atoms with Crippen molar-refractivity contribution in [1.29, 1.82) is 0 Å². The lowest BCUT2D eigenvalue weighted by atomic mass is 10.1. The molecule has 0 aromatic carbocycles. The summed E-state index contributed by atoms with van der Waals surface area (Å²) >= 11 is 0. The Hall–Kier alpha value is -0.0900. The first-order valence-electron chi connectivity index (χ1n) is 8.63. The number of aliphatic imine (C=N–C) groups is 1. The third-order valence-electron chi connectivity index (χ3n) is 3.46. The molecule has 0 aromatic heterocycles. The summed E-state index contributed by atoms with van der Waals surface area (Å²) in [4.78, 5) is 4.16. The average molecular weight is 476 g/mol. The fraction of sp³-hybridized carbons (Fsp3) is 0.938. The van der Waals surface area contributed by atoms with E-state index in [-0.39, 0.29) is 24.0 Å². The Morgan fingerprint density at radius 2 is 1.54 bits per heavy atom. The lowest BCUT2D eigenvalue weighted by molar-refractivity contribution is 0.446. The maximum Gasteiger partial charge on any atom is 0.209 e. The highest BCUT2D eigenvalue weighted by Gasteiger charge is 2.22. The molecule has 0 fully saturated rings. The van der Waals surface area contributed by atoms with E-state index in [9.17, 15) is 8.42 Å². The molecule has 0 saturated heterocycles. The third-order valence-corrected chi connectivity index (χ3v) is 4.38. The molecule has 0 saturated carbocycles. The monoisotopic (exact) mass is 476 g/mol. The minimum atomic E-state index is -3.22. The smallest absolute Gasteiger partial charge is 0.209 e. The molecular formula is C16H37IN4O2S. The Morgan fingerprint density at radius 3 is 2.04 bits per heavy atom. The van der Waals surface area contributed by atoms with Crippen LogP contribution >= 0.6 is 24.0 Å². The van der Waals surface area contributed by atoms with Gasteiger partial charge in [0.25, 0.3) is 0 Å². The van der Waals surface area contributed by atoms with Crippen LogP contribution in [0.3, 0.4) is 0 Å². The van der Waals surface area contributed by atoms with Crippen LogP contribution in [0.4, 0.5) is 0 Å². The summed E-state index contributed by atoms with van der Waals surface area (Å²) in [5, 5.41) is 6.43. The molecule has 0 atom stereocenters. The summed E-state index contributed by atoms with van der Waals surface area (Å²) in [7, 11) is -1.50. The Kier molecular flexibility index (Phi) is 15.4. The second-order valence-corrected chi connectivity index (χ2v) is 8.48. The number of unbranched alkanes of at least 4 members (excludes halogenated alkanes) is 6. The van der Waals surface area contributed by atoms with Crippen LogP contribution in [0.1, 0.15) is 65.7 Å². The van der Waals surface area contributed by atoms with Crippen molar-refractivity contribution in [2.45, 2.75) is 71.3 Å². The SMILES string of the molecule is CCCCCCCCCNC(=NC)NCC(C)(C)NS(C)(=O)=O.I. The van der Waals surface area contributed by atoms with Gasteiger partial charge < -0.3 is 10.6 Å². The van der Waals surface area contributed by atoms with Crippen molar-refractivity contribution in [2.24, 2.45) is 4.99 Å². The molecule has 0 heterocycles. The minimum absolute atomic E-state index is 0. The van der Waals surface area contributed by atoms with Crippen LogP contribution < -0.4 is 15.4 Å². The molecule has 8 heteroatoms. The van der Waals surface area contributed by atoms with E-state index in [1.165, 1.54) is 44.8 Å². The van der Waals surface area contributed by atoms with Gasteiger partial charge in [0, 0.05) is 25.7 Å². The first-order chi connectivity index (χ1) is 10.7. The van der Waals surface area contributed by atoms with E-state index >= 15 is 0 Å². The maximum atomic E-state index is 11.3. The van der Waals surface area contributed by atoms with Crippen LogP contribution in [0.5, 0.6) is 0 Å². The van der Waals surface area contributed by atoms with Crippen molar-refractivity contribution >= 4 is 40.0 Å². The summed E-state index contributed by atoms with van der Waals surface area (Å²) < 4.78 is 25.2. The molecule has 0 aliphatic heterocycles. The Morgan fingerprint density at radius 1 is 1.00 bits per heavy atom. The number of nitrogens with zero attached hydrogens (tertiary/aromatic N) is 1. The van der Waals surface area contributed by atoms with Crippen molar-refractivity contribution in [1.82, 2.24) is 15.4 Å². The first kappa shape index (κ1) is 26.1. The highest BCUT2D eigenvalue weighted by molar-refractivity contribution is 14.0. The topological polar surface area (TPSA) is 82.6 Å². The van der Waals surface area contributed by atoms with E-state index < -0.39 is 15.6 Å². The zero-order valence-electron chi connectivity index (χ0n) is 15.9. The molecule has 0 rings (SSSR count). The maximum absolute atomic E-state index is 11.3. The lowest BCUT2D eigenvalue weighted by Gasteiger charge is -2.26. The zero-order valence-corrected chi connectivity index (χ0v) is 19.1. The van der Waals surface area contributed by atoms with Crippen LogP contribution in [0, 0.1) is 0 Å². The molecule has 0 radical (unpaired) electrons. The largest absolute Gasteiger partial charge is 0.356 e. The number of hydrogen-bond acceptors (Lipinski definition) is 3. The number of nitrogens with one attached hydrogen (secondary N) is 3. The van der Waals surface area contributed by atoms with Gasteiger partial charge >= 0.3 is 0 Å². The van der Waals surface area contributed by atoms with Crippen molar-refractivity contribution in [3.8, 4) is 0 Å². The van der Waals surface area contributed by atoms with Gasteiger partial charge in [-0.1, -0.05) is 45.4 Å².